The molecule has 76 heavy (non-hydrogen) atoms. The average molecular weight is 1090 g/mol. The molecular formula is C50H89N7O19. The van der Waals surface area contributed by atoms with Gasteiger partial charge in [-0.15, -0.1) is 6.58 Å². The summed E-state index contributed by atoms with van der Waals surface area (Å²) in [6, 6.07) is -6.21. The van der Waals surface area contributed by atoms with E-state index in [1.54, 1.807) is 104 Å². The van der Waals surface area contributed by atoms with Gasteiger partial charge in [-0.3, -0.25) is 4.79 Å². The SMILES string of the molecule is C=CCNC1C(O[C@@H]2OC(CNC(=O)OC(C)(C)C)CCC2NC(=O)OC(C)(C)C)[C@@H](NC(=O)OC(C)(C)C)C[C@@H](NC(=O)[C@@H](O)CCNC(=O)OC(C)(C)C)[C@H]1O[C@@H]1OC(CO)[C@H](O)[C@H](NC(=O)OC(C)(C)C)C1O. The first kappa shape index (κ1) is 65.5. The molecule has 6 unspecified atom stereocenters. The van der Waals surface area contributed by atoms with Crippen molar-refractivity contribution in [3.8, 4) is 0 Å². The van der Waals surface area contributed by atoms with E-state index < -0.39 is 157 Å². The van der Waals surface area contributed by atoms with Gasteiger partial charge in [0, 0.05) is 19.6 Å². The van der Waals surface area contributed by atoms with E-state index in [1.807, 2.05) is 0 Å². The smallest absolute Gasteiger partial charge is 0.408 e. The molecule has 2 heterocycles. The van der Waals surface area contributed by atoms with E-state index in [0.29, 0.717) is 6.42 Å². The Kier molecular flexibility index (Phi) is 23.9. The molecule has 3 aliphatic rings. The van der Waals surface area contributed by atoms with Crippen LogP contribution in [0.4, 0.5) is 24.0 Å². The Morgan fingerprint density at radius 2 is 1.05 bits per heavy atom. The van der Waals surface area contributed by atoms with Gasteiger partial charge in [-0.2, -0.15) is 0 Å². The lowest BCUT2D eigenvalue weighted by molar-refractivity contribution is -0.306. The minimum Gasteiger partial charge on any atom is -0.444 e. The third-order valence-corrected chi connectivity index (χ3v) is 11.1. The van der Waals surface area contributed by atoms with Crippen LogP contribution in [0.3, 0.4) is 0 Å². The number of amides is 6. The predicted octanol–water partition coefficient (Wildman–Crippen LogP) is 2.21. The molecule has 2 saturated heterocycles. The Morgan fingerprint density at radius 3 is 1.55 bits per heavy atom. The molecule has 0 aromatic rings. The number of aliphatic hydroxyl groups is 4. The van der Waals surface area contributed by atoms with Crippen LogP contribution in [0.1, 0.15) is 130 Å². The molecule has 1 saturated carbocycles. The Balaban J connectivity index is 2.22. The minimum absolute atomic E-state index is 0.00834. The summed E-state index contributed by atoms with van der Waals surface area (Å²) < 4.78 is 53.5. The normalized spacial score (nSPS) is 28.8. The minimum atomic E-state index is -1.90. The van der Waals surface area contributed by atoms with Gasteiger partial charge in [0.25, 0.3) is 0 Å². The zero-order valence-corrected chi connectivity index (χ0v) is 46.9. The molecule has 14 atom stereocenters. The van der Waals surface area contributed by atoms with Crippen LogP contribution < -0.4 is 37.2 Å². The van der Waals surface area contributed by atoms with Crippen LogP contribution in [0, 0.1) is 0 Å². The van der Waals surface area contributed by atoms with Gasteiger partial charge in [0.1, 0.15) is 52.4 Å². The van der Waals surface area contributed by atoms with Crippen LogP contribution >= 0.6 is 0 Å². The van der Waals surface area contributed by atoms with Crippen molar-refractivity contribution in [2.24, 2.45) is 0 Å². The van der Waals surface area contributed by atoms with Crippen molar-refractivity contribution in [1.29, 1.82) is 0 Å². The summed E-state index contributed by atoms with van der Waals surface area (Å²) in [7, 11) is 0. The summed E-state index contributed by atoms with van der Waals surface area (Å²) in [6.45, 7) is 27.7. The van der Waals surface area contributed by atoms with Crippen molar-refractivity contribution in [2.45, 2.75) is 243 Å². The quantitative estimate of drug-likeness (QED) is 0.0692. The Hall–Kier alpha value is -4.80. The molecule has 1 aliphatic carbocycles. The lowest BCUT2D eigenvalue weighted by Crippen LogP contribution is -2.73. The number of rotatable bonds is 18. The number of carbonyl (C=O) groups is 6. The van der Waals surface area contributed by atoms with Crippen molar-refractivity contribution >= 4 is 36.4 Å². The van der Waals surface area contributed by atoms with E-state index in [2.05, 4.69) is 43.8 Å². The monoisotopic (exact) mass is 1090 g/mol. The molecule has 0 bridgehead atoms. The van der Waals surface area contributed by atoms with Crippen LogP contribution in [0.5, 0.6) is 0 Å². The van der Waals surface area contributed by atoms with Crippen LogP contribution in [-0.2, 0) is 47.4 Å². The molecule has 6 amide bonds. The van der Waals surface area contributed by atoms with E-state index in [0.717, 1.165) is 0 Å². The number of aliphatic hydroxyl groups excluding tert-OH is 4. The molecule has 26 nitrogen and oxygen atoms in total. The highest BCUT2D eigenvalue weighted by Gasteiger charge is 2.54. The second-order valence-corrected chi connectivity index (χ2v) is 24.0. The molecule has 0 aromatic heterocycles. The van der Waals surface area contributed by atoms with Gasteiger partial charge in [0.2, 0.25) is 5.91 Å². The zero-order chi connectivity index (χ0) is 57.7. The van der Waals surface area contributed by atoms with Gasteiger partial charge in [0.15, 0.2) is 12.6 Å². The summed E-state index contributed by atoms with van der Waals surface area (Å²) in [5.41, 5.74) is -4.56. The molecule has 0 radical (unpaired) electrons. The molecule has 2 aliphatic heterocycles. The van der Waals surface area contributed by atoms with Crippen molar-refractivity contribution in [1.82, 2.24) is 37.2 Å². The van der Waals surface area contributed by atoms with Crippen LogP contribution in [0.25, 0.3) is 0 Å². The van der Waals surface area contributed by atoms with E-state index in [1.165, 1.54) is 6.08 Å². The van der Waals surface area contributed by atoms with Crippen LogP contribution in [-0.4, -0.2) is 197 Å². The van der Waals surface area contributed by atoms with Crippen LogP contribution in [0.2, 0.25) is 0 Å². The fourth-order valence-electron chi connectivity index (χ4n) is 8.18. The first-order valence-corrected chi connectivity index (χ1v) is 25.7. The molecule has 3 fully saturated rings. The molecule has 26 heteroatoms. The van der Waals surface area contributed by atoms with E-state index in [-0.39, 0.29) is 38.9 Å². The maximum atomic E-state index is 14.1. The molecule has 11 N–H and O–H groups in total. The first-order valence-electron chi connectivity index (χ1n) is 25.7. The average Bonchev–Trinajstić information content (AvgIpc) is 3.23. The molecule has 3 rings (SSSR count). The number of ether oxygens (including phenoxy) is 9. The number of nitrogens with one attached hydrogen (secondary N) is 7. The second kappa shape index (κ2) is 27.7. The fraction of sp³-hybridized carbons (Fsp3) is 0.840. The maximum Gasteiger partial charge on any atom is 0.408 e. The van der Waals surface area contributed by atoms with Crippen molar-refractivity contribution in [3.05, 3.63) is 12.7 Å². The largest absolute Gasteiger partial charge is 0.444 e. The summed E-state index contributed by atoms with van der Waals surface area (Å²) in [4.78, 5) is 79.6. The zero-order valence-electron chi connectivity index (χ0n) is 46.9. The lowest BCUT2D eigenvalue weighted by atomic mass is 9.81. The fourth-order valence-corrected chi connectivity index (χ4v) is 8.18. The maximum absolute atomic E-state index is 14.1. The van der Waals surface area contributed by atoms with E-state index in [9.17, 15) is 49.2 Å². The Bertz CT molecular complexity index is 1930. The van der Waals surface area contributed by atoms with Crippen molar-refractivity contribution < 1.29 is 91.8 Å². The van der Waals surface area contributed by atoms with Crippen LogP contribution in [0.15, 0.2) is 12.7 Å². The van der Waals surface area contributed by atoms with E-state index in [4.69, 9.17) is 42.6 Å². The Labute approximate surface area is 446 Å². The highest BCUT2D eigenvalue weighted by molar-refractivity contribution is 5.81. The highest BCUT2D eigenvalue weighted by atomic mass is 16.7. The summed E-state index contributed by atoms with van der Waals surface area (Å²) in [5, 5.41) is 64.2. The van der Waals surface area contributed by atoms with Gasteiger partial charge < -0.3 is 100 Å². The first-order chi connectivity index (χ1) is 34.9. The standard InChI is InChI=1S/C50H89N7O19/c1-17-21-51-33-36(71-40-35(61)32(34(60)31(25-58)69-40)57-45(67)76-50(14,15)16)28(54-38(62)30(59)20-22-52-41(63)72-46(2,3)4)23-29(56-44(66)75-49(11,12)13)37(33)70-39-27(55-43(65)74-48(8,9)10)19-18-26(68-39)24-53-42(64)73-47(5,6)7/h17,26-37,39-40,51,58-61H,1,18-25H2,2-16H3,(H,52,63)(H,53,64)(H,54,62)(H,55,65)(H,56,66)(H,57,67)/t26?,27?,28-,29+,30+,31?,32+,33?,34+,35?,36-,37?,39+,40+/m1/s1. The van der Waals surface area contributed by atoms with Gasteiger partial charge >= 0.3 is 30.5 Å². The summed E-state index contributed by atoms with van der Waals surface area (Å²) in [6.07, 6.45) is -16.4. The molecule has 0 aromatic carbocycles. The number of hydrogen-bond acceptors (Lipinski definition) is 20. The topological polar surface area (TPSA) is 351 Å². The number of hydrogen-bond donors (Lipinski definition) is 11. The predicted molar refractivity (Wildman–Crippen MR) is 273 cm³/mol. The van der Waals surface area contributed by atoms with Gasteiger partial charge in [0.05, 0.1) is 55.1 Å². The third-order valence-electron chi connectivity index (χ3n) is 11.1. The summed E-state index contributed by atoms with van der Waals surface area (Å²) >= 11 is 0. The Morgan fingerprint density at radius 1 is 0.592 bits per heavy atom. The van der Waals surface area contributed by atoms with Gasteiger partial charge in [-0.05, 0) is 130 Å². The third kappa shape index (κ3) is 23.0. The number of alkyl carbamates (subject to hydrolysis) is 5. The lowest BCUT2D eigenvalue weighted by Gasteiger charge is -2.51. The number of carbonyl (C=O) groups excluding carboxylic acids is 6. The summed E-state index contributed by atoms with van der Waals surface area (Å²) in [5.74, 6) is -0.960. The van der Waals surface area contributed by atoms with Gasteiger partial charge in [-0.1, -0.05) is 6.08 Å². The molecule has 438 valence electrons. The molecular weight excluding hydrogens is 1000 g/mol. The van der Waals surface area contributed by atoms with Gasteiger partial charge in [-0.25, -0.2) is 24.0 Å². The van der Waals surface area contributed by atoms with E-state index >= 15 is 0 Å². The highest BCUT2D eigenvalue weighted by Crippen LogP contribution is 2.34. The second-order valence-electron chi connectivity index (χ2n) is 24.0. The van der Waals surface area contributed by atoms with Crippen molar-refractivity contribution in [3.63, 3.8) is 0 Å². The molecule has 0 spiro atoms. The van der Waals surface area contributed by atoms with Crippen molar-refractivity contribution in [2.75, 3.05) is 26.2 Å².